The summed E-state index contributed by atoms with van der Waals surface area (Å²) in [4.78, 5) is 19.5. The number of hydrogen-bond donors (Lipinski definition) is 1. The summed E-state index contributed by atoms with van der Waals surface area (Å²) in [6, 6.07) is 5.97. The van der Waals surface area contributed by atoms with Crippen LogP contribution in [-0.4, -0.2) is 43.1 Å². The highest BCUT2D eigenvalue weighted by atomic mass is 32.2. The zero-order valence-electron chi connectivity index (χ0n) is 14.3. The van der Waals surface area contributed by atoms with Crippen LogP contribution in [0.4, 0.5) is 4.39 Å². The summed E-state index contributed by atoms with van der Waals surface area (Å²) in [5, 5.41) is 5.79. The van der Waals surface area contributed by atoms with Crippen LogP contribution in [0.1, 0.15) is 28.2 Å². The van der Waals surface area contributed by atoms with Crippen molar-refractivity contribution in [3.8, 4) is 10.6 Å². The molecule has 1 aromatic carbocycles. The lowest BCUT2D eigenvalue weighted by Gasteiger charge is -2.32. The van der Waals surface area contributed by atoms with Crippen molar-refractivity contribution < 1.29 is 17.6 Å². The van der Waals surface area contributed by atoms with E-state index in [9.17, 15) is 17.6 Å². The molecule has 9 heteroatoms. The van der Waals surface area contributed by atoms with Crippen LogP contribution in [0.15, 0.2) is 24.3 Å². The van der Waals surface area contributed by atoms with Crippen LogP contribution in [0.25, 0.3) is 10.6 Å². The van der Waals surface area contributed by atoms with Gasteiger partial charge in [0.1, 0.15) is 15.7 Å². The molecule has 1 aliphatic heterocycles. The summed E-state index contributed by atoms with van der Waals surface area (Å²) in [6.07, 6.45) is 1.48. The van der Waals surface area contributed by atoms with Gasteiger partial charge in [0.05, 0.1) is 11.4 Å². The number of nitrogens with zero attached hydrogens (tertiary/aromatic N) is 2. The molecule has 26 heavy (non-hydrogen) atoms. The number of primary sulfonamides is 1. The minimum atomic E-state index is -3.56. The maximum Gasteiger partial charge on any atom is 0.265 e. The van der Waals surface area contributed by atoms with Gasteiger partial charge < -0.3 is 4.90 Å². The molecular formula is C17H20FN3O3S2. The number of sulfonamides is 1. The van der Waals surface area contributed by atoms with Crippen LogP contribution < -0.4 is 5.14 Å². The molecule has 2 aromatic rings. The maximum absolute atomic E-state index is 13.1. The van der Waals surface area contributed by atoms with Crippen LogP contribution in [-0.2, 0) is 10.0 Å². The van der Waals surface area contributed by atoms with Gasteiger partial charge in [-0.05, 0) is 49.9 Å². The number of aromatic nitrogens is 1. The number of carbonyl (C=O) groups excluding carboxylic acids is 1. The summed E-state index contributed by atoms with van der Waals surface area (Å²) in [5.41, 5.74) is 1.37. The Morgan fingerprint density at radius 3 is 2.73 bits per heavy atom. The molecule has 3 rings (SSSR count). The lowest BCUT2D eigenvalue weighted by molar-refractivity contribution is 0.0688. The molecule has 0 radical (unpaired) electrons. The second-order valence-electron chi connectivity index (χ2n) is 6.53. The number of nitrogens with two attached hydrogens (primary N) is 1. The lowest BCUT2D eigenvalue weighted by atomic mass is 10.00. The van der Waals surface area contributed by atoms with Gasteiger partial charge in [-0.1, -0.05) is 0 Å². The predicted octanol–water partition coefficient (Wildman–Crippen LogP) is 2.40. The van der Waals surface area contributed by atoms with Gasteiger partial charge in [0.15, 0.2) is 0 Å². The molecule has 1 fully saturated rings. The van der Waals surface area contributed by atoms with Gasteiger partial charge in [-0.25, -0.2) is 22.9 Å². The average Bonchev–Trinajstić information content (AvgIpc) is 2.95. The number of aryl methyl sites for hydroxylation is 1. The maximum atomic E-state index is 13.1. The number of hydrogen-bond acceptors (Lipinski definition) is 5. The smallest absolute Gasteiger partial charge is 0.265 e. The SMILES string of the molecule is Cc1nc(-c2ccc(F)cc2)sc1C(=O)N1CCC[C@@H](CS(N)(=O)=O)C1. The van der Waals surface area contributed by atoms with Crippen LogP contribution in [0.2, 0.25) is 0 Å². The van der Waals surface area contributed by atoms with Gasteiger partial charge in [0, 0.05) is 18.7 Å². The summed E-state index contributed by atoms with van der Waals surface area (Å²) < 4.78 is 35.7. The topological polar surface area (TPSA) is 93.4 Å². The van der Waals surface area contributed by atoms with E-state index in [0.717, 1.165) is 18.4 Å². The normalized spacial score (nSPS) is 18.1. The molecular weight excluding hydrogens is 377 g/mol. The monoisotopic (exact) mass is 397 g/mol. The van der Waals surface area contributed by atoms with E-state index in [-0.39, 0.29) is 23.4 Å². The summed E-state index contributed by atoms with van der Waals surface area (Å²) >= 11 is 1.27. The first-order valence-corrected chi connectivity index (χ1v) is 10.8. The van der Waals surface area contributed by atoms with E-state index in [2.05, 4.69) is 4.98 Å². The number of likely N-dealkylation sites (tertiary alicyclic amines) is 1. The number of benzene rings is 1. The van der Waals surface area contributed by atoms with Crippen molar-refractivity contribution in [1.29, 1.82) is 0 Å². The quantitative estimate of drug-likeness (QED) is 0.857. The Hall–Kier alpha value is -1.84. The Morgan fingerprint density at radius 2 is 2.08 bits per heavy atom. The van der Waals surface area contributed by atoms with Crippen molar-refractivity contribution in [1.82, 2.24) is 9.88 Å². The third-order valence-corrected chi connectivity index (χ3v) is 6.49. The fourth-order valence-corrected chi connectivity index (χ4v) is 5.14. The molecule has 0 spiro atoms. The molecule has 140 valence electrons. The van der Waals surface area contributed by atoms with Gasteiger partial charge in [0.2, 0.25) is 10.0 Å². The van der Waals surface area contributed by atoms with Crippen molar-refractivity contribution in [2.45, 2.75) is 19.8 Å². The van der Waals surface area contributed by atoms with Gasteiger partial charge in [-0.2, -0.15) is 0 Å². The molecule has 1 atom stereocenters. The first-order chi connectivity index (χ1) is 12.2. The molecule has 6 nitrogen and oxygen atoms in total. The molecule has 0 unspecified atom stereocenters. The average molecular weight is 397 g/mol. The fraction of sp³-hybridized carbons (Fsp3) is 0.412. The minimum absolute atomic E-state index is 0.112. The van der Waals surface area contributed by atoms with E-state index in [1.807, 2.05) is 0 Å². The predicted molar refractivity (Wildman–Crippen MR) is 98.8 cm³/mol. The van der Waals surface area contributed by atoms with Crippen molar-refractivity contribution in [3.05, 3.63) is 40.7 Å². The first-order valence-electron chi connectivity index (χ1n) is 8.26. The highest BCUT2D eigenvalue weighted by molar-refractivity contribution is 7.89. The molecule has 0 aliphatic carbocycles. The van der Waals surface area contributed by atoms with Gasteiger partial charge in [0.25, 0.3) is 5.91 Å². The van der Waals surface area contributed by atoms with Gasteiger partial charge in [-0.3, -0.25) is 4.79 Å². The van der Waals surface area contributed by atoms with E-state index in [1.165, 1.54) is 23.5 Å². The molecule has 1 aromatic heterocycles. The van der Waals surface area contributed by atoms with Gasteiger partial charge >= 0.3 is 0 Å². The molecule has 2 heterocycles. The summed E-state index contributed by atoms with van der Waals surface area (Å²) in [5.74, 6) is -0.730. The van der Waals surface area contributed by atoms with Crippen molar-refractivity contribution >= 4 is 27.3 Å². The van der Waals surface area contributed by atoms with E-state index >= 15 is 0 Å². The van der Waals surface area contributed by atoms with Crippen molar-refractivity contribution in [2.24, 2.45) is 11.1 Å². The summed E-state index contributed by atoms with van der Waals surface area (Å²) in [6.45, 7) is 2.73. The second kappa shape index (κ2) is 7.42. The minimum Gasteiger partial charge on any atom is -0.338 e. The number of piperidine rings is 1. The molecule has 1 amide bonds. The first kappa shape index (κ1) is 18.9. The van der Waals surface area contributed by atoms with Crippen LogP contribution in [0.5, 0.6) is 0 Å². The van der Waals surface area contributed by atoms with Crippen LogP contribution in [0.3, 0.4) is 0 Å². The second-order valence-corrected chi connectivity index (χ2v) is 9.19. The molecule has 1 saturated heterocycles. The van der Waals surface area contributed by atoms with Gasteiger partial charge in [-0.15, -0.1) is 11.3 Å². The Morgan fingerprint density at radius 1 is 1.38 bits per heavy atom. The highest BCUT2D eigenvalue weighted by Gasteiger charge is 2.29. The Labute approximate surface area is 155 Å². The van der Waals surface area contributed by atoms with Crippen LogP contribution >= 0.6 is 11.3 Å². The van der Waals surface area contributed by atoms with E-state index in [4.69, 9.17) is 5.14 Å². The standard InChI is InChI=1S/C17H20FN3O3S2/c1-11-15(25-16(20-11)13-4-6-14(18)7-5-13)17(22)21-8-2-3-12(9-21)10-26(19,23)24/h4-7,12H,2-3,8-10H2,1H3,(H2,19,23,24)/t12-/m1/s1. The van der Waals surface area contributed by atoms with E-state index < -0.39 is 10.0 Å². The lowest BCUT2D eigenvalue weighted by Crippen LogP contribution is -2.42. The number of rotatable bonds is 4. The molecule has 0 bridgehead atoms. The Kier molecular flexibility index (Phi) is 5.40. The fourth-order valence-electron chi connectivity index (χ4n) is 3.17. The van der Waals surface area contributed by atoms with E-state index in [0.29, 0.717) is 28.7 Å². The Bertz CT molecular complexity index is 910. The third kappa shape index (κ3) is 4.46. The number of carbonyl (C=O) groups is 1. The highest BCUT2D eigenvalue weighted by Crippen LogP contribution is 2.30. The zero-order chi connectivity index (χ0) is 18.9. The molecule has 2 N–H and O–H groups in total. The largest absolute Gasteiger partial charge is 0.338 e. The molecule has 1 aliphatic rings. The van der Waals surface area contributed by atoms with Crippen molar-refractivity contribution in [3.63, 3.8) is 0 Å². The zero-order valence-corrected chi connectivity index (χ0v) is 15.9. The molecule has 0 saturated carbocycles. The number of halogens is 1. The Balaban J connectivity index is 1.78. The number of amides is 1. The van der Waals surface area contributed by atoms with E-state index in [1.54, 1.807) is 24.0 Å². The van der Waals surface area contributed by atoms with Crippen LogP contribution in [0, 0.1) is 18.7 Å². The summed E-state index contributed by atoms with van der Waals surface area (Å²) in [7, 11) is -3.56. The third-order valence-electron chi connectivity index (χ3n) is 4.36. The number of thiazole rings is 1. The van der Waals surface area contributed by atoms with Crippen molar-refractivity contribution in [2.75, 3.05) is 18.8 Å².